The second kappa shape index (κ2) is 3.16. The second-order valence-corrected chi connectivity index (χ2v) is 3.45. The lowest BCUT2D eigenvalue weighted by Crippen LogP contribution is -2.21. The third-order valence-electron chi connectivity index (χ3n) is 1.42. The number of carboxylic acid groups (broad SMARTS) is 1. The van der Waals surface area contributed by atoms with Gasteiger partial charge in [0.25, 0.3) is 0 Å². The van der Waals surface area contributed by atoms with Crippen LogP contribution >= 0.6 is 0 Å². The summed E-state index contributed by atoms with van der Waals surface area (Å²) in [6.07, 6.45) is 2.51. The molecule has 1 aromatic heterocycles. The lowest BCUT2D eigenvalue weighted by molar-refractivity contribution is 0.0696. The van der Waals surface area contributed by atoms with Crippen LogP contribution in [0.15, 0.2) is 12.4 Å². The minimum atomic E-state index is -1.39. The Balaban J connectivity index is 2.75. The molecule has 0 aromatic carbocycles. The zero-order valence-corrected chi connectivity index (χ0v) is 7.49. The van der Waals surface area contributed by atoms with Gasteiger partial charge >= 0.3 is 5.97 Å². The molecule has 0 aliphatic heterocycles. The van der Waals surface area contributed by atoms with Gasteiger partial charge in [-0.05, 0) is 13.8 Å². The topological polar surface area (TPSA) is 55.1 Å². The van der Waals surface area contributed by atoms with Crippen molar-refractivity contribution in [3.8, 4) is 0 Å². The molecule has 0 radical (unpaired) electrons. The molecule has 5 heteroatoms. The number of hydrogen-bond donors (Lipinski definition) is 1. The van der Waals surface area contributed by atoms with Gasteiger partial charge in [-0.3, -0.25) is 4.68 Å². The van der Waals surface area contributed by atoms with Gasteiger partial charge in [-0.15, -0.1) is 0 Å². The summed E-state index contributed by atoms with van der Waals surface area (Å²) in [5.41, 5.74) is -1.31. The van der Waals surface area contributed by atoms with Gasteiger partial charge in [0.1, 0.15) is 5.67 Å². The van der Waals surface area contributed by atoms with Crippen LogP contribution in [0.5, 0.6) is 0 Å². The third-order valence-corrected chi connectivity index (χ3v) is 1.42. The van der Waals surface area contributed by atoms with Gasteiger partial charge in [-0.1, -0.05) is 0 Å². The van der Waals surface area contributed by atoms with Crippen LogP contribution in [0.25, 0.3) is 0 Å². The Morgan fingerprint density at radius 2 is 2.38 bits per heavy atom. The summed E-state index contributed by atoms with van der Waals surface area (Å²) in [6.45, 7) is 2.88. The van der Waals surface area contributed by atoms with E-state index in [1.165, 1.54) is 30.9 Å². The number of aromatic carboxylic acids is 1. The normalized spacial score (nSPS) is 11.6. The van der Waals surface area contributed by atoms with E-state index in [9.17, 15) is 9.18 Å². The summed E-state index contributed by atoms with van der Waals surface area (Å²) in [4.78, 5) is 10.4. The molecule has 0 amide bonds. The Labute approximate surface area is 75.0 Å². The summed E-state index contributed by atoms with van der Waals surface area (Å²) in [7, 11) is 0. The highest BCUT2D eigenvalue weighted by molar-refractivity contribution is 5.86. The zero-order chi connectivity index (χ0) is 10.1. The number of hydrogen-bond acceptors (Lipinski definition) is 2. The van der Waals surface area contributed by atoms with Crippen LogP contribution in [-0.2, 0) is 6.54 Å². The highest BCUT2D eigenvalue weighted by Crippen LogP contribution is 2.11. The van der Waals surface area contributed by atoms with Crippen molar-refractivity contribution in [2.24, 2.45) is 0 Å². The lowest BCUT2D eigenvalue weighted by atomic mass is 10.2. The SMILES string of the molecule is CC(C)(F)Cn1cc(C(=O)O)cn1. The highest BCUT2D eigenvalue weighted by atomic mass is 19.1. The Morgan fingerprint density at radius 1 is 1.77 bits per heavy atom. The van der Waals surface area contributed by atoms with Crippen molar-refractivity contribution >= 4 is 5.97 Å². The van der Waals surface area contributed by atoms with Crippen LogP contribution in [-0.4, -0.2) is 26.5 Å². The summed E-state index contributed by atoms with van der Waals surface area (Å²) >= 11 is 0. The van der Waals surface area contributed by atoms with E-state index < -0.39 is 11.6 Å². The van der Waals surface area contributed by atoms with Gasteiger partial charge < -0.3 is 5.11 Å². The van der Waals surface area contributed by atoms with Crippen LogP contribution in [0.4, 0.5) is 4.39 Å². The van der Waals surface area contributed by atoms with Crippen LogP contribution < -0.4 is 0 Å². The average molecular weight is 186 g/mol. The Bertz CT molecular complexity index is 314. The van der Waals surface area contributed by atoms with Crippen molar-refractivity contribution in [3.05, 3.63) is 18.0 Å². The number of alkyl halides is 1. The van der Waals surface area contributed by atoms with Crippen LogP contribution in [0.1, 0.15) is 24.2 Å². The van der Waals surface area contributed by atoms with Gasteiger partial charge in [0.15, 0.2) is 0 Å². The first-order valence-corrected chi connectivity index (χ1v) is 3.83. The lowest BCUT2D eigenvalue weighted by Gasteiger charge is -2.12. The van der Waals surface area contributed by atoms with E-state index in [2.05, 4.69) is 5.10 Å². The van der Waals surface area contributed by atoms with Gasteiger partial charge in [0.05, 0.1) is 18.3 Å². The fourth-order valence-electron chi connectivity index (χ4n) is 0.946. The van der Waals surface area contributed by atoms with Gasteiger partial charge in [-0.25, -0.2) is 9.18 Å². The first kappa shape index (κ1) is 9.70. The number of carboxylic acids is 1. The first-order chi connectivity index (χ1) is 5.88. The molecular weight excluding hydrogens is 175 g/mol. The van der Waals surface area contributed by atoms with Crippen LogP contribution in [0.3, 0.4) is 0 Å². The molecule has 1 aromatic rings. The summed E-state index contributed by atoms with van der Waals surface area (Å²) in [6, 6.07) is 0. The molecule has 0 unspecified atom stereocenters. The number of halogens is 1. The van der Waals surface area contributed by atoms with E-state index in [4.69, 9.17) is 5.11 Å². The molecule has 0 aliphatic carbocycles. The Kier molecular flexibility index (Phi) is 2.36. The number of rotatable bonds is 3. The van der Waals surface area contributed by atoms with E-state index in [0.29, 0.717) is 0 Å². The standard InChI is InChI=1S/C8H11FN2O2/c1-8(2,9)5-11-4-6(3-10-11)7(12)13/h3-4H,5H2,1-2H3,(H,12,13). The van der Waals surface area contributed by atoms with Crippen LogP contribution in [0, 0.1) is 0 Å². The highest BCUT2D eigenvalue weighted by Gasteiger charge is 2.17. The molecule has 4 nitrogen and oxygen atoms in total. The number of nitrogens with zero attached hydrogens (tertiary/aromatic N) is 2. The fourth-order valence-corrected chi connectivity index (χ4v) is 0.946. The minimum absolute atomic E-state index is 0.0558. The van der Waals surface area contributed by atoms with Crippen molar-refractivity contribution in [2.75, 3.05) is 0 Å². The van der Waals surface area contributed by atoms with Gasteiger partial charge in [0, 0.05) is 6.20 Å². The maximum absolute atomic E-state index is 13.1. The quantitative estimate of drug-likeness (QED) is 0.774. The van der Waals surface area contributed by atoms with Gasteiger partial charge in [0.2, 0.25) is 0 Å². The van der Waals surface area contributed by atoms with Crippen molar-refractivity contribution < 1.29 is 14.3 Å². The zero-order valence-electron chi connectivity index (χ0n) is 7.49. The van der Waals surface area contributed by atoms with Crippen molar-refractivity contribution in [2.45, 2.75) is 26.1 Å². The smallest absolute Gasteiger partial charge is 0.338 e. The van der Waals surface area contributed by atoms with E-state index in [1.807, 2.05) is 0 Å². The Hall–Kier alpha value is -1.39. The Morgan fingerprint density at radius 3 is 2.77 bits per heavy atom. The summed E-state index contributed by atoms with van der Waals surface area (Å²) in [5.74, 6) is -1.05. The minimum Gasteiger partial charge on any atom is -0.478 e. The molecule has 0 spiro atoms. The predicted molar refractivity (Wildman–Crippen MR) is 44.4 cm³/mol. The molecule has 0 atom stereocenters. The summed E-state index contributed by atoms with van der Waals surface area (Å²) in [5, 5.41) is 12.3. The molecule has 0 bridgehead atoms. The number of carbonyl (C=O) groups is 1. The maximum atomic E-state index is 13.1. The number of aromatic nitrogens is 2. The molecular formula is C8H11FN2O2. The molecule has 72 valence electrons. The third kappa shape index (κ3) is 2.85. The fraction of sp³-hybridized carbons (Fsp3) is 0.500. The molecule has 0 aliphatic rings. The molecule has 13 heavy (non-hydrogen) atoms. The molecule has 0 saturated carbocycles. The average Bonchev–Trinajstić information content (AvgIpc) is 2.31. The second-order valence-electron chi connectivity index (χ2n) is 3.45. The molecule has 0 fully saturated rings. The van der Waals surface area contributed by atoms with Crippen molar-refractivity contribution in [1.29, 1.82) is 0 Å². The maximum Gasteiger partial charge on any atom is 0.338 e. The van der Waals surface area contributed by atoms with E-state index in [-0.39, 0.29) is 12.1 Å². The van der Waals surface area contributed by atoms with Crippen molar-refractivity contribution in [1.82, 2.24) is 9.78 Å². The van der Waals surface area contributed by atoms with E-state index >= 15 is 0 Å². The largest absolute Gasteiger partial charge is 0.478 e. The predicted octanol–water partition coefficient (Wildman–Crippen LogP) is 1.33. The van der Waals surface area contributed by atoms with E-state index in [0.717, 1.165) is 0 Å². The summed E-state index contributed by atoms with van der Waals surface area (Å²) < 4.78 is 14.4. The van der Waals surface area contributed by atoms with E-state index in [1.54, 1.807) is 0 Å². The van der Waals surface area contributed by atoms with Crippen molar-refractivity contribution in [3.63, 3.8) is 0 Å². The monoisotopic (exact) mass is 186 g/mol. The van der Waals surface area contributed by atoms with Crippen LogP contribution in [0.2, 0.25) is 0 Å². The van der Waals surface area contributed by atoms with Gasteiger partial charge in [-0.2, -0.15) is 5.10 Å². The first-order valence-electron chi connectivity index (χ1n) is 3.83. The molecule has 1 N–H and O–H groups in total. The molecule has 1 heterocycles. The molecule has 0 saturated heterocycles. The molecule has 1 rings (SSSR count).